The van der Waals surface area contributed by atoms with Crippen LogP contribution in [0.5, 0.6) is 0 Å². The van der Waals surface area contributed by atoms with Crippen LogP contribution in [-0.2, 0) is 9.84 Å². The van der Waals surface area contributed by atoms with Crippen molar-refractivity contribution in [3.63, 3.8) is 0 Å². The molecule has 0 aromatic rings. The van der Waals surface area contributed by atoms with E-state index < -0.39 is 9.84 Å². The second-order valence-electron chi connectivity index (χ2n) is 6.20. The van der Waals surface area contributed by atoms with Gasteiger partial charge in [-0.2, -0.15) is 0 Å². The largest absolute Gasteiger partial charge is 0.327 e. The van der Waals surface area contributed by atoms with Gasteiger partial charge in [0, 0.05) is 17.8 Å². The first-order valence-corrected chi connectivity index (χ1v) is 9.86. The second kappa shape index (κ2) is 6.13. The molecule has 2 amide bonds. The first-order chi connectivity index (χ1) is 9.31. The third-order valence-corrected chi connectivity index (χ3v) is 7.50. The minimum Gasteiger partial charge on any atom is -0.324 e. The molecule has 2 rings (SSSR count). The molecular weight excluding hydrogens is 296 g/mol. The van der Waals surface area contributed by atoms with Crippen LogP contribution in [-0.4, -0.2) is 48.7 Å². The van der Waals surface area contributed by atoms with Crippen LogP contribution < -0.4 is 4.72 Å². The number of nitrogens with zero attached hydrogens (tertiary/aromatic N) is 1. The molecule has 1 aliphatic heterocycles. The zero-order valence-corrected chi connectivity index (χ0v) is 13.9. The molecule has 2 fully saturated rings. The normalized spacial score (nSPS) is 30.1. The van der Waals surface area contributed by atoms with Gasteiger partial charge in [-0.25, -0.2) is 13.2 Å². The van der Waals surface area contributed by atoms with Crippen molar-refractivity contribution in [1.82, 2.24) is 9.62 Å². The van der Waals surface area contributed by atoms with Crippen LogP contribution in [0.25, 0.3) is 0 Å². The maximum absolute atomic E-state index is 12.1. The maximum Gasteiger partial charge on any atom is 0.327 e. The number of sulfone groups is 1. The number of hydrogen-bond donors (Lipinski definition) is 1. The molecule has 0 radical (unpaired) electrons. The third-order valence-electron chi connectivity index (χ3n) is 4.29. The lowest BCUT2D eigenvalue weighted by molar-refractivity contribution is 0.179. The van der Waals surface area contributed by atoms with Crippen LogP contribution in [0.4, 0.5) is 4.79 Å². The summed E-state index contributed by atoms with van der Waals surface area (Å²) < 4.78 is 25.5. The van der Waals surface area contributed by atoms with Gasteiger partial charge in [0.1, 0.15) is 0 Å². The predicted molar refractivity (Wildman–Crippen MR) is 82.4 cm³/mol. The third kappa shape index (κ3) is 4.04. The summed E-state index contributed by atoms with van der Waals surface area (Å²) in [4.78, 5) is 13.9. The van der Waals surface area contributed by atoms with Gasteiger partial charge in [0.15, 0.2) is 9.84 Å². The second-order valence-corrected chi connectivity index (χ2v) is 9.78. The van der Waals surface area contributed by atoms with Crippen molar-refractivity contribution < 1.29 is 13.2 Å². The molecule has 1 saturated carbocycles. The van der Waals surface area contributed by atoms with Gasteiger partial charge < -0.3 is 4.90 Å². The molecule has 1 aliphatic carbocycles. The monoisotopic (exact) mass is 320 g/mol. The number of nitrogens with one attached hydrogen (secondary N) is 1. The van der Waals surface area contributed by atoms with E-state index in [1.54, 1.807) is 4.90 Å². The Morgan fingerprint density at radius 3 is 2.50 bits per heavy atom. The average molecular weight is 320 g/mol. The first kappa shape index (κ1) is 15.9. The highest BCUT2D eigenvalue weighted by Gasteiger charge is 2.40. The Morgan fingerprint density at radius 1 is 1.30 bits per heavy atom. The van der Waals surface area contributed by atoms with Crippen molar-refractivity contribution in [3.05, 3.63) is 0 Å². The number of rotatable bonds is 3. The number of carbonyl (C=O) groups is 1. The van der Waals surface area contributed by atoms with E-state index >= 15 is 0 Å². The van der Waals surface area contributed by atoms with E-state index in [2.05, 4.69) is 4.72 Å². The molecule has 1 unspecified atom stereocenters. The van der Waals surface area contributed by atoms with E-state index in [0.29, 0.717) is 12.5 Å². The van der Waals surface area contributed by atoms with E-state index in [1.165, 1.54) is 31.2 Å². The summed E-state index contributed by atoms with van der Waals surface area (Å²) in [5.74, 6) is 0.378. The van der Waals surface area contributed by atoms with Crippen molar-refractivity contribution in [3.8, 4) is 0 Å². The molecule has 5 nitrogen and oxygen atoms in total. The van der Waals surface area contributed by atoms with Crippen LogP contribution in [0.15, 0.2) is 0 Å². The summed E-state index contributed by atoms with van der Waals surface area (Å²) in [7, 11) is -1.10. The summed E-state index contributed by atoms with van der Waals surface area (Å²) in [6.45, 7) is 1.91. The first-order valence-electron chi connectivity index (χ1n) is 7.23. The maximum atomic E-state index is 12.1. The molecule has 1 heterocycles. The fourth-order valence-electron chi connectivity index (χ4n) is 2.93. The van der Waals surface area contributed by atoms with Gasteiger partial charge in [-0.3, -0.25) is 4.72 Å². The number of hydrogen-bond acceptors (Lipinski definition) is 4. The smallest absolute Gasteiger partial charge is 0.324 e. The van der Waals surface area contributed by atoms with Gasteiger partial charge in [-0.15, -0.1) is 0 Å². The Morgan fingerprint density at radius 2 is 1.95 bits per heavy atom. The molecule has 20 heavy (non-hydrogen) atoms. The molecule has 2 aliphatic rings. The van der Waals surface area contributed by atoms with Gasteiger partial charge in [-0.05, 0) is 38.1 Å². The zero-order chi connectivity index (χ0) is 14.8. The molecule has 0 bridgehead atoms. The summed E-state index contributed by atoms with van der Waals surface area (Å²) in [6, 6.07) is 0.219. The molecule has 7 heteroatoms. The summed E-state index contributed by atoms with van der Waals surface area (Å²) in [5.41, 5.74) is 0. The molecule has 0 spiro atoms. The molecular formula is C13H24N2O3S2. The van der Waals surface area contributed by atoms with E-state index in [4.69, 9.17) is 0 Å². The van der Waals surface area contributed by atoms with Crippen LogP contribution >= 0.6 is 11.9 Å². The topological polar surface area (TPSA) is 66.5 Å². The molecule has 116 valence electrons. The van der Waals surface area contributed by atoms with Crippen molar-refractivity contribution in [1.29, 1.82) is 0 Å². The van der Waals surface area contributed by atoms with Crippen LogP contribution in [0, 0.1) is 0 Å². The van der Waals surface area contributed by atoms with Crippen molar-refractivity contribution in [2.45, 2.75) is 56.2 Å². The fourth-order valence-corrected chi connectivity index (χ4v) is 6.50. The highest BCUT2D eigenvalue weighted by Crippen LogP contribution is 2.34. The van der Waals surface area contributed by atoms with Crippen molar-refractivity contribution in [2.24, 2.45) is 0 Å². The molecule has 0 aromatic carbocycles. The minimum absolute atomic E-state index is 0.104. The average Bonchev–Trinajstić information content (AvgIpc) is 2.71. The van der Waals surface area contributed by atoms with Crippen LogP contribution in [0.1, 0.15) is 45.4 Å². The predicted octanol–water partition coefficient (Wildman–Crippen LogP) is 2.19. The SMILES string of the molecule is CN(C(=O)NSC1(C)CCS(=O)(=O)C1)C1CCCCC1. The lowest BCUT2D eigenvalue weighted by Gasteiger charge is -2.32. The number of amides is 2. The molecule has 1 atom stereocenters. The lowest BCUT2D eigenvalue weighted by Crippen LogP contribution is -2.43. The van der Waals surface area contributed by atoms with Crippen molar-refractivity contribution in [2.75, 3.05) is 18.6 Å². The molecule has 1 saturated heterocycles. The standard InChI is InChI=1S/C13H24N2O3S2/c1-13(8-9-20(17,18)10-13)19-14-12(16)15(2)11-6-4-3-5-7-11/h11H,3-10H2,1-2H3,(H,14,16). The minimum atomic E-state index is -2.93. The van der Waals surface area contributed by atoms with Gasteiger partial charge in [0.25, 0.3) is 0 Å². The Balaban J connectivity index is 1.82. The Kier molecular flexibility index (Phi) is 4.89. The van der Waals surface area contributed by atoms with Gasteiger partial charge >= 0.3 is 6.03 Å². The highest BCUT2D eigenvalue weighted by atomic mass is 32.2. The Labute approximate surface area is 125 Å². The zero-order valence-electron chi connectivity index (χ0n) is 12.2. The Bertz CT molecular complexity index is 460. The molecule has 1 N–H and O–H groups in total. The van der Waals surface area contributed by atoms with E-state index in [1.807, 2.05) is 14.0 Å². The van der Waals surface area contributed by atoms with Gasteiger partial charge in [0.2, 0.25) is 0 Å². The van der Waals surface area contributed by atoms with E-state index in [9.17, 15) is 13.2 Å². The number of urea groups is 1. The van der Waals surface area contributed by atoms with Gasteiger partial charge in [0.05, 0.1) is 11.5 Å². The number of carbonyl (C=O) groups excluding carboxylic acids is 1. The summed E-state index contributed by atoms with van der Waals surface area (Å²) in [6.07, 6.45) is 6.38. The van der Waals surface area contributed by atoms with Crippen molar-refractivity contribution >= 4 is 27.8 Å². The van der Waals surface area contributed by atoms with E-state index in [0.717, 1.165) is 12.8 Å². The quantitative estimate of drug-likeness (QED) is 0.810. The summed E-state index contributed by atoms with van der Waals surface area (Å²) >= 11 is 1.27. The van der Waals surface area contributed by atoms with Crippen LogP contribution in [0.3, 0.4) is 0 Å². The fraction of sp³-hybridized carbons (Fsp3) is 0.923. The Hall–Kier alpha value is -0.430. The lowest BCUT2D eigenvalue weighted by atomic mass is 9.95. The van der Waals surface area contributed by atoms with E-state index in [-0.39, 0.29) is 22.3 Å². The van der Waals surface area contributed by atoms with Gasteiger partial charge in [-0.1, -0.05) is 19.3 Å². The molecule has 0 aromatic heterocycles. The summed E-state index contributed by atoms with van der Waals surface area (Å²) in [5, 5.41) is 0. The highest BCUT2D eigenvalue weighted by molar-refractivity contribution is 8.01. The van der Waals surface area contributed by atoms with Crippen LogP contribution in [0.2, 0.25) is 0 Å².